The minimum absolute atomic E-state index is 0.234. The topological polar surface area (TPSA) is 38.0 Å². The second-order valence-corrected chi connectivity index (χ2v) is 4.44. The van der Waals surface area contributed by atoms with Gasteiger partial charge in [-0.15, -0.1) is 0 Å². The van der Waals surface area contributed by atoms with Crippen LogP contribution in [0.1, 0.15) is 5.56 Å². The van der Waals surface area contributed by atoms with E-state index >= 15 is 0 Å². The molecule has 0 aliphatic carbocycles. The van der Waals surface area contributed by atoms with Gasteiger partial charge in [0.2, 0.25) is 0 Å². The number of rotatable bonds is 4. The minimum Gasteiger partial charge on any atom is -0.397 e. The van der Waals surface area contributed by atoms with Crippen LogP contribution < -0.4 is 11.1 Å². The van der Waals surface area contributed by atoms with Gasteiger partial charge in [0.05, 0.1) is 11.4 Å². The number of nitrogens with two attached hydrogens (primary N) is 1. The maximum Gasteiger partial charge on any atom is 0.126 e. The molecule has 0 spiro atoms. The van der Waals surface area contributed by atoms with Gasteiger partial charge < -0.3 is 11.1 Å². The molecule has 0 aromatic heterocycles. The molecule has 0 radical (unpaired) electrons. The first-order chi connectivity index (χ1) is 8.66. The lowest BCUT2D eigenvalue weighted by molar-refractivity contribution is 0.610. The quantitative estimate of drug-likeness (QED) is 0.826. The van der Waals surface area contributed by atoms with Crippen molar-refractivity contribution in [1.82, 2.24) is 0 Å². The van der Waals surface area contributed by atoms with Crippen molar-refractivity contribution < 1.29 is 4.39 Å². The molecule has 2 aromatic carbocycles. The summed E-state index contributed by atoms with van der Waals surface area (Å²) in [6, 6.07) is 12.1. The highest BCUT2D eigenvalue weighted by Gasteiger charge is 2.03. The zero-order valence-electron chi connectivity index (χ0n) is 9.79. The molecular weight excluding hydrogens is 251 g/mol. The highest BCUT2D eigenvalue weighted by Crippen LogP contribution is 2.18. The van der Waals surface area contributed by atoms with Gasteiger partial charge in [0.1, 0.15) is 5.82 Å². The standard InChI is InChI=1S/C14H14ClFN2/c15-11-5-6-12(16)10(9-11)7-8-18-14-4-2-1-3-13(14)17/h1-6,9,18H,7-8,17H2. The van der Waals surface area contributed by atoms with Crippen molar-refractivity contribution in [3.8, 4) is 0 Å². The molecule has 0 saturated carbocycles. The van der Waals surface area contributed by atoms with Crippen LogP contribution in [0.3, 0.4) is 0 Å². The van der Waals surface area contributed by atoms with E-state index in [4.69, 9.17) is 17.3 Å². The summed E-state index contributed by atoms with van der Waals surface area (Å²) >= 11 is 5.83. The number of benzene rings is 2. The first kappa shape index (κ1) is 12.7. The van der Waals surface area contributed by atoms with Crippen LogP contribution in [0.5, 0.6) is 0 Å². The van der Waals surface area contributed by atoms with Gasteiger partial charge in [-0.2, -0.15) is 0 Å². The van der Waals surface area contributed by atoms with Crippen LogP contribution in [0.4, 0.5) is 15.8 Å². The summed E-state index contributed by atoms with van der Waals surface area (Å²) in [6.07, 6.45) is 0.556. The summed E-state index contributed by atoms with van der Waals surface area (Å²) in [5.74, 6) is -0.234. The Kier molecular flexibility index (Phi) is 4.05. The largest absolute Gasteiger partial charge is 0.397 e. The Hall–Kier alpha value is -1.74. The van der Waals surface area contributed by atoms with E-state index in [1.165, 1.54) is 6.07 Å². The lowest BCUT2D eigenvalue weighted by atomic mass is 10.1. The van der Waals surface area contributed by atoms with Crippen molar-refractivity contribution in [3.63, 3.8) is 0 Å². The van der Waals surface area contributed by atoms with Gasteiger partial charge in [-0.25, -0.2) is 4.39 Å². The second-order valence-electron chi connectivity index (χ2n) is 4.00. The van der Waals surface area contributed by atoms with E-state index in [0.29, 0.717) is 29.2 Å². The molecule has 4 heteroatoms. The molecule has 18 heavy (non-hydrogen) atoms. The van der Waals surface area contributed by atoms with Gasteiger partial charge in [-0.05, 0) is 42.3 Å². The zero-order chi connectivity index (χ0) is 13.0. The Morgan fingerprint density at radius 1 is 1.17 bits per heavy atom. The van der Waals surface area contributed by atoms with Gasteiger partial charge in [0.15, 0.2) is 0 Å². The highest BCUT2D eigenvalue weighted by molar-refractivity contribution is 6.30. The minimum atomic E-state index is -0.234. The van der Waals surface area contributed by atoms with Gasteiger partial charge in [0.25, 0.3) is 0 Å². The zero-order valence-corrected chi connectivity index (χ0v) is 10.5. The lowest BCUT2D eigenvalue weighted by Gasteiger charge is -2.09. The normalized spacial score (nSPS) is 10.3. The maximum absolute atomic E-state index is 13.5. The van der Waals surface area contributed by atoms with E-state index in [1.807, 2.05) is 24.3 Å². The number of nitrogen functional groups attached to an aromatic ring is 1. The van der Waals surface area contributed by atoms with Crippen LogP contribution in [0, 0.1) is 5.82 Å². The number of halogens is 2. The average Bonchev–Trinajstić information content (AvgIpc) is 2.36. The fraction of sp³-hybridized carbons (Fsp3) is 0.143. The van der Waals surface area contributed by atoms with Crippen molar-refractivity contribution in [2.24, 2.45) is 0 Å². The van der Waals surface area contributed by atoms with Crippen LogP contribution in [0.15, 0.2) is 42.5 Å². The number of para-hydroxylation sites is 2. The fourth-order valence-corrected chi connectivity index (χ4v) is 1.92. The number of nitrogens with one attached hydrogen (secondary N) is 1. The highest BCUT2D eigenvalue weighted by atomic mass is 35.5. The molecule has 0 fully saturated rings. The van der Waals surface area contributed by atoms with E-state index in [2.05, 4.69) is 5.32 Å². The van der Waals surface area contributed by atoms with Crippen LogP contribution in [-0.2, 0) is 6.42 Å². The third-order valence-corrected chi connectivity index (χ3v) is 2.91. The van der Waals surface area contributed by atoms with Crippen molar-refractivity contribution >= 4 is 23.0 Å². The summed E-state index contributed by atoms with van der Waals surface area (Å²) in [6.45, 7) is 0.603. The fourth-order valence-electron chi connectivity index (χ4n) is 1.72. The lowest BCUT2D eigenvalue weighted by Crippen LogP contribution is -2.07. The van der Waals surface area contributed by atoms with Gasteiger partial charge in [0, 0.05) is 11.6 Å². The number of hydrogen-bond donors (Lipinski definition) is 2. The van der Waals surface area contributed by atoms with E-state index in [-0.39, 0.29) is 5.82 Å². The second kappa shape index (κ2) is 5.74. The molecule has 2 rings (SSSR count). The Morgan fingerprint density at radius 2 is 1.94 bits per heavy atom. The molecule has 0 unspecified atom stereocenters. The number of hydrogen-bond acceptors (Lipinski definition) is 2. The molecule has 2 nitrogen and oxygen atoms in total. The molecule has 2 aromatic rings. The summed E-state index contributed by atoms with van der Waals surface area (Å²) < 4.78 is 13.5. The first-order valence-corrected chi connectivity index (χ1v) is 6.07. The molecule has 0 bridgehead atoms. The molecule has 0 amide bonds. The van der Waals surface area contributed by atoms with Gasteiger partial charge in [-0.3, -0.25) is 0 Å². The summed E-state index contributed by atoms with van der Waals surface area (Å²) in [4.78, 5) is 0. The Balaban J connectivity index is 1.96. The van der Waals surface area contributed by atoms with Crippen LogP contribution in [0.25, 0.3) is 0 Å². The predicted molar refractivity (Wildman–Crippen MR) is 74.5 cm³/mol. The average molecular weight is 265 g/mol. The first-order valence-electron chi connectivity index (χ1n) is 5.69. The molecular formula is C14H14ClFN2. The van der Waals surface area contributed by atoms with Crippen LogP contribution in [-0.4, -0.2) is 6.54 Å². The van der Waals surface area contributed by atoms with Crippen molar-refractivity contribution in [1.29, 1.82) is 0 Å². The number of anilines is 2. The summed E-state index contributed by atoms with van der Waals surface area (Å²) in [7, 11) is 0. The van der Waals surface area contributed by atoms with Gasteiger partial charge in [-0.1, -0.05) is 23.7 Å². The van der Waals surface area contributed by atoms with Crippen molar-refractivity contribution in [2.75, 3.05) is 17.6 Å². The maximum atomic E-state index is 13.5. The van der Waals surface area contributed by atoms with Crippen molar-refractivity contribution in [2.45, 2.75) is 6.42 Å². The molecule has 0 aliphatic rings. The van der Waals surface area contributed by atoms with Gasteiger partial charge >= 0.3 is 0 Å². The predicted octanol–water partition coefficient (Wildman–Crippen LogP) is 3.72. The smallest absolute Gasteiger partial charge is 0.126 e. The monoisotopic (exact) mass is 264 g/mol. The molecule has 0 atom stereocenters. The summed E-state index contributed by atoms with van der Waals surface area (Å²) in [5.41, 5.74) is 7.94. The molecule has 0 saturated heterocycles. The van der Waals surface area contributed by atoms with E-state index in [1.54, 1.807) is 12.1 Å². The third-order valence-electron chi connectivity index (χ3n) is 2.68. The van der Waals surface area contributed by atoms with E-state index < -0.39 is 0 Å². The van der Waals surface area contributed by atoms with Crippen molar-refractivity contribution in [3.05, 3.63) is 58.9 Å². The molecule has 3 N–H and O–H groups in total. The van der Waals surface area contributed by atoms with E-state index in [0.717, 1.165) is 5.69 Å². The molecule has 0 heterocycles. The van der Waals surface area contributed by atoms with Crippen LogP contribution >= 0.6 is 11.6 Å². The van der Waals surface area contributed by atoms with Crippen LogP contribution in [0.2, 0.25) is 5.02 Å². The van der Waals surface area contributed by atoms with E-state index in [9.17, 15) is 4.39 Å². The molecule has 0 aliphatic heterocycles. The SMILES string of the molecule is Nc1ccccc1NCCc1cc(Cl)ccc1F. The summed E-state index contributed by atoms with van der Waals surface area (Å²) in [5, 5.41) is 3.72. The Labute approximate surface area is 111 Å². The Bertz CT molecular complexity index is 543. The Morgan fingerprint density at radius 3 is 2.72 bits per heavy atom. The third kappa shape index (κ3) is 3.14. The molecule has 94 valence electrons.